The van der Waals surface area contributed by atoms with Gasteiger partial charge < -0.3 is 10.6 Å². The summed E-state index contributed by atoms with van der Waals surface area (Å²) in [5, 5.41) is 10.4. The standard InChI is InChI=1S/C13H24N4O/c1-5-10(3)17-8-7-12(16-17)9-15-11(4)13(18)14-6-2/h7-8,10-11,15H,5-6,9H2,1-4H3,(H,14,18). The van der Waals surface area contributed by atoms with Crippen molar-refractivity contribution in [2.45, 2.75) is 52.7 Å². The molecule has 2 N–H and O–H groups in total. The zero-order valence-electron chi connectivity index (χ0n) is 11.7. The summed E-state index contributed by atoms with van der Waals surface area (Å²) in [6, 6.07) is 2.21. The number of carbonyl (C=O) groups is 1. The van der Waals surface area contributed by atoms with E-state index in [9.17, 15) is 4.79 Å². The van der Waals surface area contributed by atoms with Crippen LogP contribution in [0.15, 0.2) is 12.3 Å². The van der Waals surface area contributed by atoms with Gasteiger partial charge in [0.1, 0.15) is 0 Å². The monoisotopic (exact) mass is 252 g/mol. The van der Waals surface area contributed by atoms with Crippen LogP contribution in [-0.4, -0.2) is 28.3 Å². The fourth-order valence-electron chi connectivity index (χ4n) is 1.58. The molecule has 1 amide bonds. The van der Waals surface area contributed by atoms with Gasteiger partial charge in [0.05, 0.1) is 11.7 Å². The predicted molar refractivity (Wildman–Crippen MR) is 72.2 cm³/mol. The molecule has 2 unspecified atom stereocenters. The van der Waals surface area contributed by atoms with Crippen LogP contribution in [0.2, 0.25) is 0 Å². The van der Waals surface area contributed by atoms with Crippen LogP contribution in [-0.2, 0) is 11.3 Å². The third-order valence-electron chi connectivity index (χ3n) is 3.04. The molecule has 0 aliphatic heterocycles. The number of nitrogens with one attached hydrogen (secondary N) is 2. The molecule has 18 heavy (non-hydrogen) atoms. The summed E-state index contributed by atoms with van der Waals surface area (Å²) in [6.45, 7) is 9.33. The van der Waals surface area contributed by atoms with Gasteiger partial charge in [-0.1, -0.05) is 6.92 Å². The van der Waals surface area contributed by atoms with E-state index in [0.29, 0.717) is 19.1 Å². The van der Waals surface area contributed by atoms with Crippen LogP contribution in [0.1, 0.15) is 45.9 Å². The second-order valence-electron chi connectivity index (χ2n) is 4.54. The second kappa shape index (κ2) is 7.16. The van der Waals surface area contributed by atoms with Crippen LogP contribution in [0.4, 0.5) is 0 Å². The Morgan fingerprint density at radius 2 is 2.17 bits per heavy atom. The maximum Gasteiger partial charge on any atom is 0.236 e. The largest absolute Gasteiger partial charge is 0.355 e. The molecule has 0 aromatic carbocycles. The van der Waals surface area contributed by atoms with Crippen molar-refractivity contribution in [1.29, 1.82) is 0 Å². The molecule has 0 spiro atoms. The normalized spacial score (nSPS) is 14.2. The molecular formula is C13H24N4O. The van der Waals surface area contributed by atoms with Crippen molar-refractivity contribution < 1.29 is 4.79 Å². The lowest BCUT2D eigenvalue weighted by atomic mass is 10.3. The minimum Gasteiger partial charge on any atom is -0.355 e. The van der Waals surface area contributed by atoms with Crippen molar-refractivity contribution in [2.75, 3.05) is 6.54 Å². The number of likely N-dealkylation sites (N-methyl/N-ethyl adjacent to an activating group) is 1. The fraction of sp³-hybridized carbons (Fsp3) is 0.692. The van der Waals surface area contributed by atoms with E-state index in [1.54, 1.807) is 0 Å². The highest BCUT2D eigenvalue weighted by molar-refractivity contribution is 5.81. The number of hydrogen-bond donors (Lipinski definition) is 2. The number of nitrogens with zero attached hydrogens (tertiary/aromatic N) is 2. The Morgan fingerprint density at radius 3 is 2.78 bits per heavy atom. The molecule has 1 aromatic heterocycles. The molecule has 102 valence electrons. The summed E-state index contributed by atoms with van der Waals surface area (Å²) in [6.07, 6.45) is 3.05. The van der Waals surface area contributed by atoms with Gasteiger partial charge in [0.15, 0.2) is 0 Å². The van der Waals surface area contributed by atoms with Crippen LogP contribution in [0.25, 0.3) is 0 Å². The Labute approximate surface area is 109 Å². The number of carbonyl (C=O) groups excluding carboxylic acids is 1. The maximum absolute atomic E-state index is 11.5. The molecule has 1 rings (SSSR count). The van der Waals surface area contributed by atoms with Crippen molar-refractivity contribution >= 4 is 5.91 Å². The van der Waals surface area contributed by atoms with Gasteiger partial charge in [-0.3, -0.25) is 9.48 Å². The molecule has 0 saturated heterocycles. The summed E-state index contributed by atoms with van der Waals surface area (Å²) in [5.41, 5.74) is 0.964. The molecule has 0 radical (unpaired) electrons. The number of aromatic nitrogens is 2. The Balaban J connectivity index is 2.44. The number of rotatable bonds is 7. The average Bonchev–Trinajstić information content (AvgIpc) is 2.84. The van der Waals surface area contributed by atoms with E-state index < -0.39 is 0 Å². The molecule has 0 aliphatic rings. The van der Waals surface area contributed by atoms with Gasteiger partial charge in [-0.05, 0) is 33.3 Å². The fourth-order valence-corrected chi connectivity index (χ4v) is 1.58. The van der Waals surface area contributed by atoms with Crippen LogP contribution in [0.3, 0.4) is 0 Å². The van der Waals surface area contributed by atoms with Gasteiger partial charge in [0, 0.05) is 25.3 Å². The SMILES string of the molecule is CCNC(=O)C(C)NCc1ccn(C(C)CC)n1. The van der Waals surface area contributed by atoms with Crippen LogP contribution >= 0.6 is 0 Å². The van der Waals surface area contributed by atoms with E-state index >= 15 is 0 Å². The summed E-state index contributed by atoms with van der Waals surface area (Å²) in [7, 11) is 0. The van der Waals surface area contributed by atoms with Crippen molar-refractivity contribution in [3.63, 3.8) is 0 Å². The molecule has 2 atom stereocenters. The molecule has 5 heteroatoms. The molecule has 0 saturated carbocycles. The molecule has 0 aliphatic carbocycles. The highest BCUT2D eigenvalue weighted by Gasteiger charge is 2.11. The first-order valence-electron chi connectivity index (χ1n) is 6.63. The topological polar surface area (TPSA) is 59.0 Å². The zero-order valence-corrected chi connectivity index (χ0v) is 11.7. The van der Waals surface area contributed by atoms with E-state index in [4.69, 9.17) is 0 Å². The van der Waals surface area contributed by atoms with Crippen molar-refractivity contribution in [2.24, 2.45) is 0 Å². The minimum absolute atomic E-state index is 0.0267. The molecule has 5 nitrogen and oxygen atoms in total. The first-order chi connectivity index (χ1) is 8.58. The van der Waals surface area contributed by atoms with Crippen molar-refractivity contribution in [1.82, 2.24) is 20.4 Å². The van der Waals surface area contributed by atoms with E-state index in [2.05, 4.69) is 29.6 Å². The zero-order chi connectivity index (χ0) is 13.5. The Morgan fingerprint density at radius 1 is 1.44 bits per heavy atom. The lowest BCUT2D eigenvalue weighted by Crippen LogP contribution is -2.41. The van der Waals surface area contributed by atoms with Gasteiger partial charge in [-0.25, -0.2) is 0 Å². The second-order valence-corrected chi connectivity index (χ2v) is 4.54. The van der Waals surface area contributed by atoms with E-state index in [1.165, 1.54) is 0 Å². The van der Waals surface area contributed by atoms with E-state index in [1.807, 2.05) is 30.8 Å². The molecular weight excluding hydrogens is 228 g/mol. The van der Waals surface area contributed by atoms with Gasteiger partial charge in [0.2, 0.25) is 5.91 Å². The van der Waals surface area contributed by atoms with Crippen molar-refractivity contribution in [3.05, 3.63) is 18.0 Å². The summed E-state index contributed by atoms with van der Waals surface area (Å²) in [4.78, 5) is 11.5. The lowest BCUT2D eigenvalue weighted by molar-refractivity contribution is -0.122. The Kier molecular flexibility index (Phi) is 5.85. The summed E-state index contributed by atoms with van der Waals surface area (Å²) >= 11 is 0. The quantitative estimate of drug-likeness (QED) is 0.772. The molecule has 0 fully saturated rings. The van der Waals surface area contributed by atoms with Crippen LogP contribution in [0, 0.1) is 0 Å². The third kappa shape index (κ3) is 4.14. The van der Waals surface area contributed by atoms with Crippen molar-refractivity contribution in [3.8, 4) is 0 Å². The highest BCUT2D eigenvalue weighted by atomic mass is 16.2. The molecule has 0 bridgehead atoms. The maximum atomic E-state index is 11.5. The van der Waals surface area contributed by atoms with Crippen LogP contribution in [0.5, 0.6) is 0 Å². The number of hydrogen-bond acceptors (Lipinski definition) is 3. The van der Waals surface area contributed by atoms with Gasteiger partial charge in [0.25, 0.3) is 0 Å². The average molecular weight is 252 g/mol. The Hall–Kier alpha value is -1.36. The minimum atomic E-state index is -0.196. The van der Waals surface area contributed by atoms with Gasteiger partial charge in [-0.15, -0.1) is 0 Å². The third-order valence-corrected chi connectivity index (χ3v) is 3.04. The predicted octanol–water partition coefficient (Wildman–Crippen LogP) is 1.47. The van der Waals surface area contributed by atoms with Gasteiger partial charge >= 0.3 is 0 Å². The Bertz CT molecular complexity index is 375. The van der Waals surface area contributed by atoms with E-state index in [-0.39, 0.29) is 11.9 Å². The smallest absolute Gasteiger partial charge is 0.236 e. The molecule has 1 heterocycles. The summed E-state index contributed by atoms with van der Waals surface area (Å²) < 4.78 is 1.97. The van der Waals surface area contributed by atoms with Crippen LogP contribution < -0.4 is 10.6 Å². The lowest BCUT2D eigenvalue weighted by Gasteiger charge is -2.12. The highest BCUT2D eigenvalue weighted by Crippen LogP contribution is 2.09. The van der Waals surface area contributed by atoms with Gasteiger partial charge in [-0.2, -0.15) is 5.10 Å². The molecule has 1 aromatic rings. The number of amides is 1. The first kappa shape index (κ1) is 14.7. The summed E-state index contributed by atoms with van der Waals surface area (Å²) in [5.74, 6) is 0.0267. The van der Waals surface area contributed by atoms with E-state index in [0.717, 1.165) is 12.1 Å². The first-order valence-corrected chi connectivity index (χ1v) is 6.63.